The SMILES string of the molecule is CCCCOc1ccc(C2=Nc3ccc(C4=Nc5ccc(N6CCN(C)CC6)cc5C4)cc3C2)cc1.CN1CCN(c2ccc3c(c2)CC(c2ccc4c(c2)CC(c2ccc(OCCCN)cc2)=N4)=N3)CC1. The molecule has 11 nitrogen and oxygen atoms in total. The van der Waals surface area contributed by atoms with Crippen molar-refractivity contribution in [2.75, 3.05) is 96.0 Å². The summed E-state index contributed by atoms with van der Waals surface area (Å²) in [5, 5.41) is 0. The number of likely N-dealkylation sites (N-methyl/N-ethyl adjacent to an activating group) is 2. The van der Waals surface area contributed by atoms with E-state index in [1.165, 1.54) is 44.8 Å². The maximum absolute atomic E-state index is 5.81. The number of piperazine rings is 2. The molecule has 2 saturated heterocycles. The Kier molecular flexibility index (Phi) is 14.1. The molecule has 368 valence electrons. The van der Waals surface area contributed by atoms with Crippen LogP contribution in [0.1, 0.15) is 70.7 Å². The first-order valence-corrected chi connectivity index (χ1v) is 26.2. The minimum absolute atomic E-state index is 0.644. The summed E-state index contributed by atoms with van der Waals surface area (Å²) in [7, 11) is 4.40. The zero-order valence-corrected chi connectivity index (χ0v) is 42.2. The van der Waals surface area contributed by atoms with Crippen molar-refractivity contribution in [1.82, 2.24) is 9.80 Å². The Morgan fingerprint density at radius 3 is 1.15 bits per heavy atom. The van der Waals surface area contributed by atoms with Crippen LogP contribution in [0.3, 0.4) is 0 Å². The molecule has 0 spiro atoms. The van der Waals surface area contributed by atoms with Crippen LogP contribution in [0, 0.1) is 0 Å². The Hall–Kier alpha value is -6.92. The Bertz CT molecular complexity index is 2840. The van der Waals surface area contributed by atoms with E-state index in [0.717, 1.165) is 172 Å². The molecule has 0 bridgehead atoms. The van der Waals surface area contributed by atoms with Gasteiger partial charge >= 0.3 is 0 Å². The fourth-order valence-electron chi connectivity index (χ4n) is 10.4. The maximum Gasteiger partial charge on any atom is 0.119 e. The second-order valence-corrected chi connectivity index (χ2v) is 20.1. The number of hydrogen-bond donors (Lipinski definition) is 1. The van der Waals surface area contributed by atoms with Crippen LogP contribution in [0.25, 0.3) is 0 Å². The van der Waals surface area contributed by atoms with Crippen molar-refractivity contribution in [1.29, 1.82) is 0 Å². The number of aliphatic imine (C=N–C) groups is 4. The molecule has 6 aliphatic heterocycles. The van der Waals surface area contributed by atoms with Crippen LogP contribution in [0.15, 0.2) is 141 Å². The van der Waals surface area contributed by atoms with E-state index < -0.39 is 0 Å². The first-order chi connectivity index (χ1) is 35.3. The van der Waals surface area contributed by atoms with Crippen molar-refractivity contribution in [3.05, 3.63) is 166 Å². The van der Waals surface area contributed by atoms with E-state index in [1.807, 2.05) is 12.1 Å². The Morgan fingerprint density at radius 1 is 0.417 bits per heavy atom. The largest absolute Gasteiger partial charge is 0.494 e. The molecule has 0 aromatic heterocycles. The molecule has 6 aromatic rings. The zero-order chi connectivity index (χ0) is 49.0. The van der Waals surface area contributed by atoms with Crippen LogP contribution < -0.4 is 25.0 Å². The number of hydrogen-bond acceptors (Lipinski definition) is 11. The predicted octanol–water partition coefficient (Wildman–Crippen LogP) is 10.5. The predicted molar refractivity (Wildman–Crippen MR) is 297 cm³/mol. The molecule has 2 N–H and O–H groups in total. The highest BCUT2D eigenvalue weighted by atomic mass is 16.5. The summed E-state index contributed by atoms with van der Waals surface area (Å²) in [5.41, 5.74) is 27.0. The first kappa shape index (κ1) is 47.4. The average molecular weight is 958 g/mol. The molecule has 6 aliphatic rings. The van der Waals surface area contributed by atoms with Crippen LogP contribution in [0.4, 0.5) is 34.1 Å². The number of ether oxygens (including phenoxy) is 2. The summed E-state index contributed by atoms with van der Waals surface area (Å²) in [6.45, 7) is 13.1. The van der Waals surface area contributed by atoms with Gasteiger partial charge in [0.2, 0.25) is 0 Å². The monoisotopic (exact) mass is 958 g/mol. The van der Waals surface area contributed by atoms with E-state index in [0.29, 0.717) is 13.2 Å². The molecule has 0 saturated carbocycles. The minimum atomic E-state index is 0.644. The van der Waals surface area contributed by atoms with Crippen molar-refractivity contribution in [3.8, 4) is 11.5 Å². The second kappa shape index (κ2) is 21.4. The van der Waals surface area contributed by atoms with Crippen molar-refractivity contribution < 1.29 is 9.47 Å². The van der Waals surface area contributed by atoms with Crippen molar-refractivity contribution >= 4 is 57.0 Å². The third kappa shape index (κ3) is 10.7. The number of nitrogens with zero attached hydrogens (tertiary/aromatic N) is 8. The van der Waals surface area contributed by atoms with Gasteiger partial charge < -0.3 is 34.8 Å². The molecule has 72 heavy (non-hydrogen) atoms. The van der Waals surface area contributed by atoms with Crippen LogP contribution >= 0.6 is 0 Å². The van der Waals surface area contributed by atoms with Crippen molar-refractivity contribution in [2.24, 2.45) is 25.7 Å². The Balaban J connectivity index is 0.000000156. The van der Waals surface area contributed by atoms with E-state index >= 15 is 0 Å². The lowest BCUT2D eigenvalue weighted by atomic mass is 9.99. The Labute approximate surface area is 425 Å². The standard InChI is InChI=1S/C31H34N4O.C30H33N5O/c1-3-4-17-36-27-9-5-22(6-10-27)30-20-24-18-23(7-11-28(24)32-30)31-21-25-19-26(8-12-29(25)33-31)35-15-13-34(2)14-16-35;1-34-12-14-35(15-13-34)25-6-10-28-24(18-25)20-30(33-28)22-5-9-27-23(17-22)19-29(32-27)21-3-7-26(8-4-21)36-16-2-11-31/h5-12,18-19H,3-4,13-17,20-21H2,1-2H3;3-10,17-18H,2,11-16,19-20,31H2,1H3. The molecule has 2 fully saturated rings. The lowest BCUT2D eigenvalue weighted by molar-refractivity contribution is 0.309. The molecule has 0 atom stereocenters. The highest BCUT2D eigenvalue weighted by Crippen LogP contribution is 2.38. The number of benzene rings is 6. The zero-order valence-electron chi connectivity index (χ0n) is 42.2. The number of anilines is 2. The molecule has 0 radical (unpaired) electrons. The second-order valence-electron chi connectivity index (χ2n) is 20.1. The summed E-state index contributed by atoms with van der Waals surface area (Å²) < 4.78 is 11.5. The van der Waals surface area contributed by atoms with Crippen LogP contribution in [0.5, 0.6) is 11.5 Å². The average Bonchev–Trinajstić information content (AvgIpc) is 4.24. The fraction of sp³-hybridized carbons (Fsp3) is 0.344. The normalized spacial score (nSPS) is 17.0. The third-order valence-corrected chi connectivity index (χ3v) is 14.9. The quantitative estimate of drug-likeness (QED) is 0.108. The summed E-state index contributed by atoms with van der Waals surface area (Å²) in [6.07, 6.45) is 6.56. The molecule has 6 heterocycles. The molecule has 6 aromatic carbocycles. The van der Waals surface area contributed by atoms with Gasteiger partial charge in [-0.1, -0.05) is 25.5 Å². The molecular weight excluding hydrogens is 891 g/mol. The number of unbranched alkanes of at least 4 members (excludes halogenated alkanes) is 1. The maximum atomic E-state index is 5.81. The van der Waals surface area contributed by atoms with Gasteiger partial charge in [0.15, 0.2) is 0 Å². The van der Waals surface area contributed by atoms with E-state index in [4.69, 9.17) is 35.2 Å². The summed E-state index contributed by atoms with van der Waals surface area (Å²) >= 11 is 0. The van der Waals surface area contributed by atoms with Gasteiger partial charge in [-0.25, -0.2) is 0 Å². The van der Waals surface area contributed by atoms with E-state index in [2.05, 4.69) is 150 Å². The van der Waals surface area contributed by atoms with Crippen LogP contribution in [-0.2, 0) is 25.7 Å². The summed E-state index contributed by atoms with van der Waals surface area (Å²) in [6, 6.07) is 43.4. The number of nitrogens with two attached hydrogens (primary N) is 1. The van der Waals surface area contributed by atoms with Crippen molar-refractivity contribution in [3.63, 3.8) is 0 Å². The summed E-state index contributed by atoms with van der Waals surface area (Å²) in [5.74, 6) is 1.81. The van der Waals surface area contributed by atoms with E-state index in [-0.39, 0.29) is 0 Å². The molecule has 0 unspecified atom stereocenters. The fourth-order valence-corrected chi connectivity index (χ4v) is 10.4. The van der Waals surface area contributed by atoms with Gasteiger partial charge in [-0.15, -0.1) is 0 Å². The van der Waals surface area contributed by atoms with Gasteiger partial charge in [0.1, 0.15) is 11.5 Å². The minimum Gasteiger partial charge on any atom is -0.494 e. The number of rotatable bonds is 14. The molecule has 11 heteroatoms. The first-order valence-electron chi connectivity index (χ1n) is 26.2. The lowest BCUT2D eigenvalue weighted by Crippen LogP contribution is -2.44. The van der Waals surface area contributed by atoms with Gasteiger partial charge in [0.25, 0.3) is 0 Å². The van der Waals surface area contributed by atoms with Gasteiger partial charge in [0.05, 0.1) is 58.8 Å². The molecule has 0 amide bonds. The summed E-state index contributed by atoms with van der Waals surface area (Å²) in [4.78, 5) is 29.6. The molecule has 0 aliphatic carbocycles. The smallest absolute Gasteiger partial charge is 0.119 e. The topological polar surface area (TPSA) is 107 Å². The van der Waals surface area contributed by atoms with Gasteiger partial charge in [-0.05, 0) is 187 Å². The van der Waals surface area contributed by atoms with Gasteiger partial charge in [-0.3, -0.25) is 20.0 Å². The van der Waals surface area contributed by atoms with Gasteiger partial charge in [-0.2, -0.15) is 0 Å². The third-order valence-electron chi connectivity index (χ3n) is 14.9. The number of fused-ring (bicyclic) bond motifs is 4. The molecular formula is C61H67N9O2. The van der Waals surface area contributed by atoms with Crippen LogP contribution in [0.2, 0.25) is 0 Å². The van der Waals surface area contributed by atoms with Crippen molar-refractivity contribution in [2.45, 2.75) is 51.9 Å². The van der Waals surface area contributed by atoms with E-state index in [9.17, 15) is 0 Å². The van der Waals surface area contributed by atoms with Crippen LogP contribution in [-0.4, -0.2) is 119 Å². The highest BCUT2D eigenvalue weighted by molar-refractivity contribution is 6.11. The highest BCUT2D eigenvalue weighted by Gasteiger charge is 2.25. The Morgan fingerprint density at radius 2 is 0.764 bits per heavy atom. The van der Waals surface area contributed by atoms with Gasteiger partial charge in [0, 0.05) is 89.4 Å². The van der Waals surface area contributed by atoms with E-state index in [1.54, 1.807) is 0 Å². The molecule has 12 rings (SSSR count). The lowest BCUT2D eigenvalue weighted by Gasteiger charge is -2.34.